The summed E-state index contributed by atoms with van der Waals surface area (Å²) in [6.07, 6.45) is 3.03. The molecule has 1 atom stereocenters. The Kier molecular flexibility index (Phi) is 3.70. The van der Waals surface area contributed by atoms with Crippen molar-refractivity contribution >= 4 is 6.21 Å². The topological polar surface area (TPSA) is 21.6 Å². The van der Waals surface area contributed by atoms with E-state index in [9.17, 15) is 0 Å². The number of rotatable bonds is 3. The molecule has 3 rings (SSSR count). The first-order valence-electron chi connectivity index (χ1n) is 6.68. The molecule has 19 heavy (non-hydrogen) atoms. The van der Waals surface area contributed by atoms with Gasteiger partial charge in [-0.25, -0.2) is 0 Å². The summed E-state index contributed by atoms with van der Waals surface area (Å²) in [6, 6.07) is 18.7. The second-order valence-electron chi connectivity index (χ2n) is 4.71. The molecule has 0 aliphatic carbocycles. The molecule has 0 saturated heterocycles. The van der Waals surface area contributed by atoms with Gasteiger partial charge in [-0.3, -0.25) is 4.99 Å². The number of aliphatic imine (C=N–C) groups is 1. The molecule has 1 unspecified atom stereocenters. The van der Waals surface area contributed by atoms with Crippen molar-refractivity contribution in [2.24, 2.45) is 4.99 Å². The maximum atomic E-state index is 5.83. The smallest absolute Gasteiger partial charge is 0.102 e. The highest BCUT2D eigenvalue weighted by molar-refractivity contribution is 5.79. The van der Waals surface area contributed by atoms with Gasteiger partial charge in [-0.1, -0.05) is 54.6 Å². The molecule has 0 bridgehead atoms. The zero-order chi connectivity index (χ0) is 12.9. The van der Waals surface area contributed by atoms with Crippen LogP contribution < -0.4 is 0 Å². The van der Waals surface area contributed by atoms with Crippen molar-refractivity contribution in [1.82, 2.24) is 0 Å². The molecule has 0 fully saturated rings. The van der Waals surface area contributed by atoms with Crippen molar-refractivity contribution in [2.45, 2.75) is 12.5 Å². The van der Waals surface area contributed by atoms with Gasteiger partial charge in [-0.2, -0.15) is 0 Å². The molecule has 0 N–H and O–H groups in total. The van der Waals surface area contributed by atoms with Crippen LogP contribution in [0.25, 0.3) is 0 Å². The van der Waals surface area contributed by atoms with E-state index in [-0.39, 0.29) is 6.10 Å². The Labute approximate surface area is 113 Å². The highest BCUT2D eigenvalue weighted by Gasteiger charge is 2.19. The summed E-state index contributed by atoms with van der Waals surface area (Å²) in [5, 5.41) is 0. The lowest BCUT2D eigenvalue weighted by Gasteiger charge is -2.24. The normalized spacial score (nSPS) is 18.4. The fourth-order valence-corrected chi connectivity index (χ4v) is 2.42. The third-order valence-electron chi connectivity index (χ3n) is 3.40. The Hall–Kier alpha value is -1.93. The first-order valence-corrected chi connectivity index (χ1v) is 6.68. The van der Waals surface area contributed by atoms with E-state index in [0.29, 0.717) is 6.54 Å². The quantitative estimate of drug-likeness (QED) is 0.766. The zero-order valence-corrected chi connectivity index (χ0v) is 10.8. The summed E-state index contributed by atoms with van der Waals surface area (Å²) in [6.45, 7) is 1.48. The van der Waals surface area contributed by atoms with Crippen LogP contribution in [0.1, 0.15) is 22.8 Å². The maximum Gasteiger partial charge on any atom is 0.102 e. The molecule has 0 aromatic heterocycles. The molecule has 2 aromatic carbocycles. The molecule has 0 spiro atoms. The molecule has 1 aliphatic heterocycles. The molecule has 0 saturated carbocycles. The van der Waals surface area contributed by atoms with Crippen molar-refractivity contribution < 1.29 is 4.74 Å². The Morgan fingerprint density at radius 1 is 1.05 bits per heavy atom. The number of benzene rings is 2. The fraction of sp³-hybridized carbons (Fsp3) is 0.235. The SMILES string of the molecule is C(=NCC1OCCc2ccccc21)c1ccccc1. The molecular weight excluding hydrogens is 234 g/mol. The summed E-state index contributed by atoms with van der Waals surface area (Å²) in [7, 11) is 0. The average molecular weight is 251 g/mol. The Morgan fingerprint density at radius 2 is 1.84 bits per heavy atom. The second kappa shape index (κ2) is 5.81. The van der Waals surface area contributed by atoms with Crippen LogP contribution in [0, 0.1) is 0 Å². The summed E-state index contributed by atoms with van der Waals surface area (Å²) in [4.78, 5) is 4.51. The lowest BCUT2D eigenvalue weighted by Crippen LogP contribution is -2.18. The van der Waals surface area contributed by atoms with Gasteiger partial charge in [0.15, 0.2) is 0 Å². The van der Waals surface area contributed by atoms with Gasteiger partial charge in [-0.15, -0.1) is 0 Å². The molecule has 0 radical (unpaired) electrons. The molecule has 1 heterocycles. The minimum absolute atomic E-state index is 0.102. The zero-order valence-electron chi connectivity index (χ0n) is 10.8. The van der Waals surface area contributed by atoms with E-state index in [2.05, 4.69) is 41.4 Å². The van der Waals surface area contributed by atoms with Crippen molar-refractivity contribution in [1.29, 1.82) is 0 Å². The van der Waals surface area contributed by atoms with E-state index in [0.717, 1.165) is 18.6 Å². The third kappa shape index (κ3) is 2.91. The average Bonchev–Trinajstić information content (AvgIpc) is 2.49. The number of nitrogens with zero attached hydrogens (tertiary/aromatic N) is 1. The predicted molar refractivity (Wildman–Crippen MR) is 77.7 cm³/mol. The van der Waals surface area contributed by atoms with Gasteiger partial charge in [0.1, 0.15) is 6.10 Å². The van der Waals surface area contributed by atoms with Gasteiger partial charge in [0.25, 0.3) is 0 Å². The van der Waals surface area contributed by atoms with Crippen molar-refractivity contribution in [3.63, 3.8) is 0 Å². The maximum absolute atomic E-state index is 5.83. The van der Waals surface area contributed by atoms with Gasteiger partial charge in [0.2, 0.25) is 0 Å². The van der Waals surface area contributed by atoms with Crippen LogP contribution in [-0.4, -0.2) is 19.4 Å². The summed E-state index contributed by atoms with van der Waals surface area (Å²) >= 11 is 0. The van der Waals surface area contributed by atoms with Gasteiger partial charge in [-0.05, 0) is 23.1 Å². The summed E-state index contributed by atoms with van der Waals surface area (Å²) in [5.74, 6) is 0. The number of hydrogen-bond acceptors (Lipinski definition) is 2. The van der Waals surface area contributed by atoms with Crippen molar-refractivity contribution in [3.8, 4) is 0 Å². The Bertz CT molecular complexity index is 562. The monoisotopic (exact) mass is 251 g/mol. The highest BCUT2D eigenvalue weighted by Crippen LogP contribution is 2.26. The number of ether oxygens (including phenoxy) is 1. The molecule has 0 amide bonds. The van der Waals surface area contributed by atoms with E-state index in [1.165, 1.54) is 11.1 Å². The van der Waals surface area contributed by atoms with Gasteiger partial charge < -0.3 is 4.74 Å². The first kappa shape index (κ1) is 12.1. The largest absolute Gasteiger partial charge is 0.371 e. The van der Waals surface area contributed by atoms with Crippen molar-refractivity contribution in [2.75, 3.05) is 13.2 Å². The van der Waals surface area contributed by atoms with Crippen LogP contribution in [0.2, 0.25) is 0 Å². The summed E-state index contributed by atoms with van der Waals surface area (Å²) in [5.41, 5.74) is 3.82. The van der Waals surface area contributed by atoms with Crippen LogP contribution in [0.4, 0.5) is 0 Å². The van der Waals surface area contributed by atoms with Gasteiger partial charge in [0, 0.05) is 6.21 Å². The molecule has 96 valence electrons. The van der Waals surface area contributed by atoms with Crippen molar-refractivity contribution in [3.05, 3.63) is 71.3 Å². The van der Waals surface area contributed by atoms with E-state index >= 15 is 0 Å². The van der Waals surface area contributed by atoms with Gasteiger partial charge in [0.05, 0.1) is 13.2 Å². The van der Waals surface area contributed by atoms with E-state index in [1.54, 1.807) is 0 Å². The number of hydrogen-bond donors (Lipinski definition) is 0. The predicted octanol–water partition coefficient (Wildman–Crippen LogP) is 3.42. The first-order chi connectivity index (χ1) is 9.43. The lowest BCUT2D eigenvalue weighted by atomic mass is 9.98. The molecular formula is C17H17NO. The molecule has 2 aromatic rings. The highest BCUT2D eigenvalue weighted by atomic mass is 16.5. The van der Waals surface area contributed by atoms with Crippen LogP contribution >= 0.6 is 0 Å². The second-order valence-corrected chi connectivity index (χ2v) is 4.71. The van der Waals surface area contributed by atoms with E-state index in [1.807, 2.05) is 24.4 Å². The minimum Gasteiger partial charge on any atom is -0.371 e. The summed E-state index contributed by atoms with van der Waals surface area (Å²) < 4.78 is 5.83. The van der Waals surface area contributed by atoms with E-state index < -0.39 is 0 Å². The van der Waals surface area contributed by atoms with Crippen LogP contribution in [0.3, 0.4) is 0 Å². The molecule has 1 aliphatic rings. The van der Waals surface area contributed by atoms with Crippen LogP contribution in [0.5, 0.6) is 0 Å². The van der Waals surface area contributed by atoms with Crippen LogP contribution in [0.15, 0.2) is 59.6 Å². The minimum atomic E-state index is 0.102. The number of fused-ring (bicyclic) bond motifs is 1. The third-order valence-corrected chi connectivity index (χ3v) is 3.40. The Morgan fingerprint density at radius 3 is 2.74 bits per heavy atom. The molecule has 2 nitrogen and oxygen atoms in total. The van der Waals surface area contributed by atoms with Gasteiger partial charge >= 0.3 is 0 Å². The lowest BCUT2D eigenvalue weighted by molar-refractivity contribution is 0.0489. The van der Waals surface area contributed by atoms with E-state index in [4.69, 9.17) is 4.74 Å². The standard InChI is InChI=1S/C17H17NO/c1-2-6-14(7-3-1)12-18-13-17-16-9-5-4-8-15(16)10-11-19-17/h1-9,12,17H,10-11,13H2. The molecule has 2 heteroatoms. The Balaban J connectivity index is 1.70. The van der Waals surface area contributed by atoms with Crippen LogP contribution in [-0.2, 0) is 11.2 Å². The fourth-order valence-electron chi connectivity index (χ4n) is 2.42.